The molecule has 2 aromatic rings. The predicted octanol–water partition coefficient (Wildman–Crippen LogP) is 3.98. The first-order valence-electron chi connectivity index (χ1n) is 7.44. The monoisotopic (exact) mass is 361 g/mol. The van der Waals surface area contributed by atoms with E-state index >= 15 is 0 Å². The summed E-state index contributed by atoms with van der Waals surface area (Å²) in [6, 6.07) is 10.0. The molecule has 0 aromatic heterocycles. The molecular weight excluding hydrogens is 345 g/mol. The number of carbonyl (C=O) groups excluding carboxylic acids is 1. The minimum atomic E-state index is -0.719. The molecule has 0 fully saturated rings. The van der Waals surface area contributed by atoms with Crippen molar-refractivity contribution in [2.75, 3.05) is 5.32 Å². The van der Waals surface area contributed by atoms with Gasteiger partial charge in [0, 0.05) is 17.7 Å². The Labute approximate surface area is 149 Å². The van der Waals surface area contributed by atoms with Crippen molar-refractivity contribution >= 4 is 34.6 Å². The van der Waals surface area contributed by atoms with Gasteiger partial charge in [0.25, 0.3) is 11.6 Å². The molecule has 0 saturated carbocycles. The maximum atomic E-state index is 13.7. The van der Waals surface area contributed by atoms with E-state index in [0.29, 0.717) is 11.5 Å². The summed E-state index contributed by atoms with van der Waals surface area (Å²) < 4.78 is 13.7. The van der Waals surface area contributed by atoms with Gasteiger partial charge in [0.2, 0.25) is 0 Å². The van der Waals surface area contributed by atoms with Crippen molar-refractivity contribution in [3.8, 4) is 0 Å². The Morgan fingerprint density at radius 2 is 1.84 bits per heavy atom. The molecule has 0 aliphatic heterocycles. The van der Waals surface area contributed by atoms with Crippen LogP contribution in [-0.4, -0.2) is 15.9 Å². The summed E-state index contributed by atoms with van der Waals surface area (Å²) in [5.74, 6) is -0.834. The van der Waals surface area contributed by atoms with Gasteiger partial charge in [0.15, 0.2) is 5.11 Å². The van der Waals surface area contributed by atoms with E-state index in [1.165, 1.54) is 0 Å². The predicted molar refractivity (Wildman–Crippen MR) is 97.3 cm³/mol. The number of nitro groups is 1. The molecule has 0 spiro atoms. The molecule has 130 valence electrons. The highest BCUT2D eigenvalue weighted by atomic mass is 32.1. The Bertz CT molecular complexity index is 822. The summed E-state index contributed by atoms with van der Waals surface area (Å²) in [6.45, 7) is 4.09. The largest absolute Gasteiger partial charge is 0.330 e. The number of nitrogens with one attached hydrogen (secondary N) is 2. The Balaban J connectivity index is 2.06. The zero-order valence-electron chi connectivity index (χ0n) is 13.6. The number of non-ortho nitro benzene ring substituents is 1. The van der Waals surface area contributed by atoms with Gasteiger partial charge in [0.1, 0.15) is 5.82 Å². The number of amides is 1. The molecule has 8 heteroatoms. The number of thiocarbonyl (C=S) groups is 1. The number of benzene rings is 2. The number of rotatable bonds is 4. The molecule has 0 unspecified atom stereocenters. The zero-order valence-corrected chi connectivity index (χ0v) is 14.4. The van der Waals surface area contributed by atoms with Crippen LogP contribution in [0, 0.1) is 15.9 Å². The summed E-state index contributed by atoms with van der Waals surface area (Å²) in [6.07, 6.45) is 0. The van der Waals surface area contributed by atoms with Crippen LogP contribution in [0.3, 0.4) is 0 Å². The third-order valence-corrected chi connectivity index (χ3v) is 3.68. The van der Waals surface area contributed by atoms with Crippen LogP contribution in [0.4, 0.5) is 15.8 Å². The van der Waals surface area contributed by atoms with Gasteiger partial charge in [-0.25, -0.2) is 4.39 Å². The number of carbonyl (C=O) groups is 1. The smallest absolute Gasteiger partial charge is 0.271 e. The number of nitro benzene ring substituents is 1. The minimum absolute atomic E-state index is 0.155. The van der Waals surface area contributed by atoms with Crippen LogP contribution in [0.5, 0.6) is 0 Å². The molecule has 0 aliphatic carbocycles. The van der Waals surface area contributed by atoms with Crippen molar-refractivity contribution in [2.24, 2.45) is 0 Å². The summed E-state index contributed by atoms with van der Waals surface area (Å²) >= 11 is 4.97. The lowest BCUT2D eigenvalue weighted by Gasteiger charge is -2.11. The highest BCUT2D eigenvalue weighted by molar-refractivity contribution is 7.80. The molecule has 0 aliphatic rings. The maximum absolute atomic E-state index is 13.7. The van der Waals surface area contributed by atoms with E-state index in [4.69, 9.17) is 12.2 Å². The van der Waals surface area contributed by atoms with Gasteiger partial charge in [-0.2, -0.15) is 0 Å². The topological polar surface area (TPSA) is 84.3 Å². The van der Waals surface area contributed by atoms with Gasteiger partial charge < -0.3 is 5.32 Å². The van der Waals surface area contributed by atoms with Crippen LogP contribution in [0.1, 0.15) is 35.7 Å². The molecule has 0 atom stereocenters. The van der Waals surface area contributed by atoms with E-state index < -0.39 is 16.6 Å². The van der Waals surface area contributed by atoms with Crippen molar-refractivity contribution in [3.63, 3.8) is 0 Å². The number of nitrogens with zero attached hydrogens (tertiary/aromatic N) is 1. The molecule has 0 radical (unpaired) electrons. The van der Waals surface area contributed by atoms with Crippen molar-refractivity contribution in [3.05, 3.63) is 69.5 Å². The highest BCUT2D eigenvalue weighted by Gasteiger charge is 2.13. The summed E-state index contributed by atoms with van der Waals surface area (Å²) in [5, 5.41) is 15.5. The van der Waals surface area contributed by atoms with E-state index in [0.717, 1.165) is 23.8 Å². The van der Waals surface area contributed by atoms with Gasteiger partial charge in [-0.15, -0.1) is 0 Å². The Morgan fingerprint density at radius 1 is 1.20 bits per heavy atom. The Hall–Kier alpha value is -2.87. The van der Waals surface area contributed by atoms with Gasteiger partial charge in [-0.1, -0.05) is 26.0 Å². The fourth-order valence-corrected chi connectivity index (χ4v) is 2.27. The number of hydrogen-bond donors (Lipinski definition) is 2. The number of anilines is 1. The third-order valence-electron chi connectivity index (χ3n) is 3.48. The summed E-state index contributed by atoms with van der Waals surface area (Å²) in [4.78, 5) is 22.2. The van der Waals surface area contributed by atoms with E-state index in [1.807, 2.05) is 26.0 Å². The highest BCUT2D eigenvalue weighted by Crippen LogP contribution is 2.21. The van der Waals surface area contributed by atoms with Gasteiger partial charge in [-0.05, 0) is 41.9 Å². The van der Waals surface area contributed by atoms with Crippen LogP contribution in [0.15, 0.2) is 42.5 Å². The van der Waals surface area contributed by atoms with Gasteiger partial charge in [-0.3, -0.25) is 20.2 Å². The molecular formula is C17H16FN3O3S. The van der Waals surface area contributed by atoms with Crippen LogP contribution in [0.25, 0.3) is 0 Å². The molecule has 2 aromatic carbocycles. The zero-order chi connectivity index (χ0) is 18.6. The first-order valence-corrected chi connectivity index (χ1v) is 7.85. The first kappa shape index (κ1) is 18.5. The molecule has 1 amide bonds. The lowest BCUT2D eigenvalue weighted by atomic mass is 10.0. The van der Waals surface area contributed by atoms with Crippen LogP contribution in [0.2, 0.25) is 0 Å². The second kappa shape index (κ2) is 7.80. The molecule has 2 N–H and O–H groups in total. The fourth-order valence-electron chi connectivity index (χ4n) is 2.07. The molecule has 0 heterocycles. The lowest BCUT2D eigenvalue weighted by molar-refractivity contribution is -0.384. The first-order chi connectivity index (χ1) is 11.8. The van der Waals surface area contributed by atoms with Gasteiger partial charge in [0.05, 0.1) is 10.6 Å². The van der Waals surface area contributed by atoms with Gasteiger partial charge >= 0.3 is 0 Å². The third kappa shape index (κ3) is 4.80. The minimum Gasteiger partial charge on any atom is -0.330 e. The Kier molecular flexibility index (Phi) is 5.76. The molecule has 0 saturated heterocycles. The standard InChI is InChI=1S/C17H16FN3O3S/c1-10(2)11-3-5-12(6-4-11)16(22)20-17(25)19-15-9-13(21(23)24)7-8-14(15)18/h3-10H,1-2H3,(H2,19,20,22,25). The van der Waals surface area contributed by atoms with Crippen LogP contribution >= 0.6 is 12.2 Å². The van der Waals surface area contributed by atoms with Crippen LogP contribution < -0.4 is 10.6 Å². The van der Waals surface area contributed by atoms with E-state index in [9.17, 15) is 19.3 Å². The molecule has 6 nitrogen and oxygen atoms in total. The van der Waals surface area contributed by atoms with Crippen LogP contribution in [-0.2, 0) is 0 Å². The Morgan fingerprint density at radius 3 is 2.40 bits per heavy atom. The van der Waals surface area contributed by atoms with E-state index in [-0.39, 0.29) is 16.5 Å². The van der Waals surface area contributed by atoms with Crippen molar-refractivity contribution < 1.29 is 14.1 Å². The maximum Gasteiger partial charge on any atom is 0.271 e. The lowest BCUT2D eigenvalue weighted by Crippen LogP contribution is -2.34. The van der Waals surface area contributed by atoms with Crippen molar-refractivity contribution in [1.29, 1.82) is 0 Å². The number of halogens is 1. The van der Waals surface area contributed by atoms with E-state index in [2.05, 4.69) is 10.6 Å². The summed E-state index contributed by atoms with van der Waals surface area (Å²) in [7, 11) is 0. The summed E-state index contributed by atoms with van der Waals surface area (Å²) in [5.41, 5.74) is 1.01. The molecule has 0 bridgehead atoms. The molecule has 25 heavy (non-hydrogen) atoms. The normalized spacial score (nSPS) is 10.4. The SMILES string of the molecule is CC(C)c1ccc(C(=O)NC(=S)Nc2cc([N+](=O)[O-])ccc2F)cc1. The average molecular weight is 361 g/mol. The second-order valence-corrected chi connectivity index (χ2v) is 6.01. The average Bonchev–Trinajstić information content (AvgIpc) is 2.56. The number of hydrogen-bond acceptors (Lipinski definition) is 4. The van der Waals surface area contributed by atoms with Crippen molar-refractivity contribution in [2.45, 2.75) is 19.8 Å². The van der Waals surface area contributed by atoms with Crippen molar-refractivity contribution in [1.82, 2.24) is 5.32 Å². The quantitative estimate of drug-likeness (QED) is 0.489. The fraction of sp³-hybridized carbons (Fsp3) is 0.176. The second-order valence-electron chi connectivity index (χ2n) is 5.61. The van der Waals surface area contributed by atoms with E-state index in [1.54, 1.807) is 12.1 Å². The molecule has 2 rings (SSSR count).